The monoisotopic (exact) mass is 307 g/mol. The van der Waals surface area contributed by atoms with E-state index in [1.165, 1.54) is 0 Å². The summed E-state index contributed by atoms with van der Waals surface area (Å²) in [6.45, 7) is 4.15. The number of hydrogen-bond donors (Lipinski definition) is 1. The van der Waals surface area contributed by atoms with Gasteiger partial charge in [0.2, 0.25) is 0 Å². The first-order valence-corrected chi connectivity index (χ1v) is 7.92. The average molecular weight is 307 g/mol. The molecular formula is C17H25NO4. The highest BCUT2D eigenvalue weighted by Crippen LogP contribution is 2.29. The van der Waals surface area contributed by atoms with Gasteiger partial charge in [-0.15, -0.1) is 0 Å². The molecule has 0 saturated carbocycles. The van der Waals surface area contributed by atoms with Crippen LogP contribution < -0.4 is 9.47 Å². The number of aliphatic carboxylic acids is 1. The van der Waals surface area contributed by atoms with Gasteiger partial charge in [0.05, 0.1) is 13.7 Å². The zero-order valence-corrected chi connectivity index (χ0v) is 13.4. The number of methoxy groups -OCH3 is 1. The van der Waals surface area contributed by atoms with Crippen LogP contribution in [0.3, 0.4) is 0 Å². The number of carboxylic acid groups (broad SMARTS) is 1. The molecule has 1 aliphatic heterocycles. The fourth-order valence-electron chi connectivity index (χ4n) is 2.84. The Morgan fingerprint density at radius 1 is 1.36 bits per heavy atom. The number of piperidine rings is 1. The molecule has 1 heterocycles. The van der Waals surface area contributed by atoms with Crippen molar-refractivity contribution in [3.63, 3.8) is 0 Å². The number of rotatable bonds is 7. The van der Waals surface area contributed by atoms with Crippen LogP contribution in [0.1, 0.15) is 38.2 Å². The van der Waals surface area contributed by atoms with Crippen LogP contribution in [0.15, 0.2) is 18.2 Å². The maximum Gasteiger partial charge on any atom is 0.320 e. The van der Waals surface area contributed by atoms with E-state index >= 15 is 0 Å². The van der Waals surface area contributed by atoms with Crippen molar-refractivity contribution in [1.29, 1.82) is 0 Å². The molecular weight excluding hydrogens is 282 g/mol. The summed E-state index contributed by atoms with van der Waals surface area (Å²) in [6.07, 6.45) is 3.70. The molecule has 1 unspecified atom stereocenters. The van der Waals surface area contributed by atoms with E-state index in [9.17, 15) is 9.90 Å². The smallest absolute Gasteiger partial charge is 0.320 e. The van der Waals surface area contributed by atoms with Crippen LogP contribution >= 0.6 is 0 Å². The van der Waals surface area contributed by atoms with E-state index in [1.54, 1.807) is 7.11 Å². The number of nitrogens with zero attached hydrogens (tertiary/aromatic N) is 1. The van der Waals surface area contributed by atoms with Crippen LogP contribution in [0.25, 0.3) is 0 Å². The van der Waals surface area contributed by atoms with Crippen molar-refractivity contribution >= 4 is 5.97 Å². The van der Waals surface area contributed by atoms with Gasteiger partial charge in [0, 0.05) is 6.54 Å². The molecule has 1 aromatic rings. The van der Waals surface area contributed by atoms with Gasteiger partial charge in [0.15, 0.2) is 11.5 Å². The minimum Gasteiger partial charge on any atom is -0.493 e. The van der Waals surface area contributed by atoms with Gasteiger partial charge in [-0.25, -0.2) is 0 Å². The standard InChI is InChI=1S/C17H25NO4/c1-3-10-22-16-11-13(7-8-15(16)21-2)12-18-9-5-4-6-14(18)17(19)20/h7-8,11,14H,3-6,9-10,12H2,1-2H3,(H,19,20). The largest absolute Gasteiger partial charge is 0.493 e. The number of benzene rings is 1. The number of ether oxygens (including phenoxy) is 2. The lowest BCUT2D eigenvalue weighted by Crippen LogP contribution is -2.43. The van der Waals surface area contributed by atoms with Gasteiger partial charge < -0.3 is 14.6 Å². The van der Waals surface area contributed by atoms with Crippen molar-refractivity contribution in [3.05, 3.63) is 23.8 Å². The molecule has 2 rings (SSSR count). The van der Waals surface area contributed by atoms with Gasteiger partial charge in [0.1, 0.15) is 6.04 Å². The minimum atomic E-state index is -0.726. The zero-order valence-electron chi connectivity index (χ0n) is 13.4. The SMILES string of the molecule is CCCOc1cc(CN2CCCCC2C(=O)O)ccc1OC. The summed E-state index contributed by atoms with van der Waals surface area (Å²) in [6, 6.07) is 5.45. The van der Waals surface area contributed by atoms with Crippen LogP contribution in [0, 0.1) is 0 Å². The molecule has 0 radical (unpaired) electrons. The van der Waals surface area contributed by atoms with Crippen molar-refractivity contribution in [3.8, 4) is 11.5 Å². The number of carboxylic acids is 1. The molecule has 0 bridgehead atoms. The topological polar surface area (TPSA) is 59.0 Å². The second-order valence-corrected chi connectivity index (χ2v) is 5.65. The Kier molecular flexibility index (Phi) is 6.07. The van der Waals surface area contributed by atoms with Gasteiger partial charge >= 0.3 is 5.97 Å². The van der Waals surface area contributed by atoms with Gasteiger partial charge in [0.25, 0.3) is 0 Å². The predicted octanol–water partition coefficient (Wildman–Crippen LogP) is 2.92. The molecule has 1 saturated heterocycles. The summed E-state index contributed by atoms with van der Waals surface area (Å²) in [5, 5.41) is 9.35. The third-order valence-corrected chi connectivity index (χ3v) is 3.97. The molecule has 0 spiro atoms. The molecule has 1 aromatic carbocycles. The molecule has 5 heteroatoms. The normalized spacial score (nSPS) is 18.9. The lowest BCUT2D eigenvalue weighted by Gasteiger charge is -2.32. The Balaban J connectivity index is 2.12. The lowest BCUT2D eigenvalue weighted by atomic mass is 10.0. The third-order valence-electron chi connectivity index (χ3n) is 3.97. The highest BCUT2D eigenvalue weighted by atomic mass is 16.5. The zero-order chi connectivity index (χ0) is 15.9. The summed E-state index contributed by atoms with van der Waals surface area (Å²) in [5.41, 5.74) is 1.06. The first-order chi connectivity index (χ1) is 10.7. The van der Waals surface area contributed by atoms with E-state index in [0.29, 0.717) is 18.9 Å². The Hall–Kier alpha value is -1.75. The maximum atomic E-state index is 11.4. The van der Waals surface area contributed by atoms with E-state index in [-0.39, 0.29) is 6.04 Å². The van der Waals surface area contributed by atoms with Crippen molar-refractivity contribution in [2.24, 2.45) is 0 Å². The first kappa shape index (κ1) is 16.6. The van der Waals surface area contributed by atoms with Gasteiger partial charge in [-0.1, -0.05) is 19.4 Å². The van der Waals surface area contributed by atoms with Crippen molar-refractivity contribution in [1.82, 2.24) is 4.90 Å². The predicted molar refractivity (Wildman–Crippen MR) is 84.5 cm³/mol. The Bertz CT molecular complexity index is 503. The van der Waals surface area contributed by atoms with Crippen molar-refractivity contribution in [2.45, 2.75) is 45.2 Å². The van der Waals surface area contributed by atoms with Crippen LogP contribution in [0.4, 0.5) is 0 Å². The van der Waals surface area contributed by atoms with Crippen LogP contribution in [0.5, 0.6) is 11.5 Å². The van der Waals surface area contributed by atoms with E-state index < -0.39 is 5.97 Å². The maximum absolute atomic E-state index is 11.4. The van der Waals surface area contributed by atoms with Crippen LogP contribution in [-0.2, 0) is 11.3 Å². The highest BCUT2D eigenvalue weighted by Gasteiger charge is 2.28. The Morgan fingerprint density at radius 2 is 2.18 bits per heavy atom. The molecule has 22 heavy (non-hydrogen) atoms. The van der Waals surface area contributed by atoms with E-state index in [4.69, 9.17) is 9.47 Å². The molecule has 122 valence electrons. The van der Waals surface area contributed by atoms with E-state index in [0.717, 1.165) is 43.5 Å². The number of likely N-dealkylation sites (tertiary alicyclic amines) is 1. The second-order valence-electron chi connectivity index (χ2n) is 5.65. The van der Waals surface area contributed by atoms with Gasteiger partial charge in [-0.2, -0.15) is 0 Å². The van der Waals surface area contributed by atoms with Crippen molar-refractivity contribution < 1.29 is 19.4 Å². The summed E-state index contributed by atoms with van der Waals surface area (Å²) in [5.74, 6) is 0.715. The molecule has 1 atom stereocenters. The fraction of sp³-hybridized carbons (Fsp3) is 0.588. The average Bonchev–Trinajstić information content (AvgIpc) is 2.53. The highest BCUT2D eigenvalue weighted by molar-refractivity contribution is 5.73. The fourth-order valence-corrected chi connectivity index (χ4v) is 2.84. The summed E-state index contributed by atoms with van der Waals surface area (Å²) in [7, 11) is 1.62. The van der Waals surface area contributed by atoms with Gasteiger partial charge in [-0.05, 0) is 43.5 Å². The van der Waals surface area contributed by atoms with E-state index in [1.807, 2.05) is 23.1 Å². The molecule has 1 N–H and O–H groups in total. The molecule has 0 amide bonds. The molecule has 5 nitrogen and oxygen atoms in total. The summed E-state index contributed by atoms with van der Waals surface area (Å²) >= 11 is 0. The van der Waals surface area contributed by atoms with Crippen molar-refractivity contribution in [2.75, 3.05) is 20.3 Å². The van der Waals surface area contributed by atoms with Gasteiger partial charge in [-0.3, -0.25) is 9.69 Å². The van der Waals surface area contributed by atoms with E-state index in [2.05, 4.69) is 6.92 Å². The van der Waals surface area contributed by atoms with Crippen LogP contribution in [0.2, 0.25) is 0 Å². The summed E-state index contributed by atoms with van der Waals surface area (Å²) < 4.78 is 11.0. The second kappa shape index (κ2) is 8.03. The Morgan fingerprint density at radius 3 is 2.86 bits per heavy atom. The summed E-state index contributed by atoms with van der Waals surface area (Å²) in [4.78, 5) is 13.4. The molecule has 1 aliphatic rings. The first-order valence-electron chi connectivity index (χ1n) is 7.92. The molecule has 0 aliphatic carbocycles. The minimum absolute atomic E-state index is 0.379. The number of hydrogen-bond acceptors (Lipinski definition) is 4. The third kappa shape index (κ3) is 4.13. The number of carbonyl (C=O) groups is 1. The quantitative estimate of drug-likeness (QED) is 0.839. The van der Waals surface area contributed by atoms with Crippen LogP contribution in [-0.4, -0.2) is 42.3 Å². The lowest BCUT2D eigenvalue weighted by molar-refractivity contribution is -0.144. The molecule has 1 fully saturated rings. The molecule has 0 aromatic heterocycles. The Labute approximate surface area is 131 Å².